The van der Waals surface area contributed by atoms with Crippen molar-refractivity contribution in [1.29, 1.82) is 0 Å². The second-order valence-corrected chi connectivity index (χ2v) is 5.93. The normalized spacial score (nSPS) is 16.0. The van der Waals surface area contributed by atoms with Crippen LogP contribution >= 0.6 is 0 Å². The topological polar surface area (TPSA) is 84.7 Å². The monoisotopic (exact) mass is 305 g/mol. The molecule has 0 radical (unpaired) electrons. The van der Waals surface area contributed by atoms with E-state index in [2.05, 4.69) is 5.32 Å². The van der Waals surface area contributed by atoms with Crippen LogP contribution in [0.4, 0.5) is 5.69 Å². The van der Waals surface area contributed by atoms with Crippen LogP contribution in [0.25, 0.3) is 0 Å². The molecule has 1 aliphatic heterocycles. The van der Waals surface area contributed by atoms with Gasteiger partial charge in [-0.3, -0.25) is 9.59 Å². The Bertz CT molecular complexity index is 584. The van der Waals surface area contributed by atoms with Crippen molar-refractivity contribution in [1.82, 2.24) is 5.32 Å². The molecule has 0 unspecified atom stereocenters. The first kappa shape index (κ1) is 16.3. The highest BCUT2D eigenvalue weighted by Gasteiger charge is 2.40. The van der Waals surface area contributed by atoms with Gasteiger partial charge in [0.2, 0.25) is 5.91 Å². The van der Waals surface area contributed by atoms with Crippen LogP contribution in [-0.2, 0) is 9.59 Å². The molecule has 0 aromatic heterocycles. The number of aryl methyl sites for hydroxylation is 1. The largest absolute Gasteiger partial charge is 0.476 e. The molecular weight excluding hydrogens is 282 g/mol. The molecule has 0 bridgehead atoms. The summed E-state index contributed by atoms with van der Waals surface area (Å²) in [4.78, 5) is 26.0. The third kappa shape index (κ3) is 3.39. The molecule has 1 aromatic carbocycles. The minimum Gasteiger partial charge on any atom is -0.476 e. The van der Waals surface area contributed by atoms with Gasteiger partial charge in [0, 0.05) is 26.1 Å². The first-order valence-corrected chi connectivity index (χ1v) is 7.43. The molecule has 1 aromatic rings. The number of benzene rings is 1. The smallest absolute Gasteiger partial charge is 0.270 e. The molecule has 3 N–H and O–H groups in total. The second-order valence-electron chi connectivity index (χ2n) is 5.93. The first-order valence-electron chi connectivity index (χ1n) is 7.43. The lowest BCUT2D eigenvalue weighted by Gasteiger charge is -2.38. The zero-order valence-electron chi connectivity index (χ0n) is 13.3. The van der Waals surface area contributed by atoms with Gasteiger partial charge in [-0.1, -0.05) is 6.07 Å². The number of hydrogen-bond acceptors (Lipinski definition) is 4. The Morgan fingerprint density at radius 2 is 2.14 bits per heavy atom. The molecule has 2 amide bonds. The van der Waals surface area contributed by atoms with Crippen molar-refractivity contribution < 1.29 is 14.3 Å². The van der Waals surface area contributed by atoms with Crippen LogP contribution in [0.3, 0.4) is 0 Å². The minimum atomic E-state index is -0.935. The molecule has 22 heavy (non-hydrogen) atoms. The van der Waals surface area contributed by atoms with Gasteiger partial charge in [-0.15, -0.1) is 0 Å². The molecule has 0 saturated carbocycles. The van der Waals surface area contributed by atoms with Crippen molar-refractivity contribution >= 4 is 17.5 Å². The SMILES string of the molecule is Cc1ccc2c(c1)N(CCC(=O)NCCN)C(=O)C(C)(C)O2. The number of rotatable bonds is 5. The maximum absolute atomic E-state index is 12.6. The van der Waals surface area contributed by atoms with Gasteiger partial charge in [0.05, 0.1) is 5.69 Å². The maximum atomic E-state index is 12.6. The predicted molar refractivity (Wildman–Crippen MR) is 84.9 cm³/mol. The van der Waals surface area contributed by atoms with E-state index in [1.54, 1.807) is 18.7 Å². The molecule has 0 saturated heterocycles. The zero-order valence-corrected chi connectivity index (χ0v) is 13.3. The summed E-state index contributed by atoms with van der Waals surface area (Å²) < 4.78 is 5.78. The van der Waals surface area contributed by atoms with Gasteiger partial charge >= 0.3 is 0 Å². The molecule has 6 heteroatoms. The number of fused-ring (bicyclic) bond motifs is 1. The number of amides is 2. The molecule has 0 atom stereocenters. The molecule has 0 fully saturated rings. The molecule has 0 spiro atoms. The average molecular weight is 305 g/mol. The lowest BCUT2D eigenvalue weighted by Crippen LogP contribution is -2.53. The number of anilines is 1. The van der Waals surface area contributed by atoms with Crippen LogP contribution in [0.1, 0.15) is 25.8 Å². The van der Waals surface area contributed by atoms with E-state index in [-0.39, 0.29) is 18.2 Å². The Balaban J connectivity index is 2.19. The van der Waals surface area contributed by atoms with Crippen molar-refractivity contribution in [3.63, 3.8) is 0 Å². The summed E-state index contributed by atoms with van der Waals surface area (Å²) in [6.45, 7) is 6.59. The molecule has 2 rings (SSSR count). The third-order valence-electron chi connectivity index (χ3n) is 3.56. The Morgan fingerprint density at radius 1 is 1.41 bits per heavy atom. The third-order valence-corrected chi connectivity index (χ3v) is 3.56. The molecular formula is C16H23N3O3. The summed E-state index contributed by atoms with van der Waals surface area (Å²) in [7, 11) is 0. The van der Waals surface area contributed by atoms with Gasteiger partial charge in [-0.25, -0.2) is 0 Å². The van der Waals surface area contributed by atoms with E-state index >= 15 is 0 Å². The molecule has 1 aliphatic rings. The van der Waals surface area contributed by atoms with Crippen LogP contribution in [0, 0.1) is 6.92 Å². The minimum absolute atomic E-state index is 0.114. The van der Waals surface area contributed by atoms with Crippen molar-refractivity contribution in [2.24, 2.45) is 5.73 Å². The standard InChI is InChI=1S/C16H23N3O3/c1-11-4-5-13-12(10-11)19(15(21)16(2,3)22-13)9-6-14(20)18-8-7-17/h4-5,10H,6-9,17H2,1-3H3,(H,18,20). The van der Waals surface area contributed by atoms with Gasteiger partial charge in [0.1, 0.15) is 5.75 Å². The van der Waals surface area contributed by atoms with Gasteiger partial charge in [-0.05, 0) is 38.5 Å². The quantitative estimate of drug-likeness (QED) is 0.849. The summed E-state index contributed by atoms with van der Waals surface area (Å²) >= 11 is 0. The van der Waals surface area contributed by atoms with E-state index in [1.165, 1.54) is 0 Å². The Morgan fingerprint density at radius 3 is 2.82 bits per heavy atom. The number of hydrogen-bond donors (Lipinski definition) is 2. The fourth-order valence-electron chi connectivity index (χ4n) is 2.41. The van der Waals surface area contributed by atoms with Gasteiger partial charge in [-0.2, -0.15) is 0 Å². The van der Waals surface area contributed by atoms with Crippen molar-refractivity contribution in [2.75, 3.05) is 24.5 Å². The van der Waals surface area contributed by atoms with E-state index in [4.69, 9.17) is 10.5 Å². The van der Waals surface area contributed by atoms with Gasteiger partial charge in [0.25, 0.3) is 5.91 Å². The fourth-order valence-corrected chi connectivity index (χ4v) is 2.41. The van der Waals surface area contributed by atoms with Crippen LogP contribution in [-0.4, -0.2) is 37.0 Å². The Hall–Kier alpha value is -2.08. The van der Waals surface area contributed by atoms with Gasteiger partial charge in [0.15, 0.2) is 5.60 Å². The maximum Gasteiger partial charge on any atom is 0.270 e. The number of carbonyl (C=O) groups is 2. The van der Waals surface area contributed by atoms with E-state index in [9.17, 15) is 9.59 Å². The number of nitrogens with zero attached hydrogens (tertiary/aromatic N) is 1. The lowest BCUT2D eigenvalue weighted by atomic mass is 10.0. The van der Waals surface area contributed by atoms with Crippen LogP contribution in [0.2, 0.25) is 0 Å². The Labute approximate surface area is 130 Å². The average Bonchev–Trinajstić information content (AvgIpc) is 2.46. The summed E-state index contributed by atoms with van der Waals surface area (Å²) in [5.41, 5.74) is 6.18. The number of carbonyl (C=O) groups excluding carboxylic acids is 2. The molecule has 1 heterocycles. The summed E-state index contributed by atoms with van der Waals surface area (Å²) in [5.74, 6) is 0.409. The number of nitrogens with one attached hydrogen (secondary N) is 1. The summed E-state index contributed by atoms with van der Waals surface area (Å²) in [5, 5.41) is 2.71. The Kier molecular flexibility index (Phi) is 4.71. The van der Waals surface area contributed by atoms with E-state index in [0.29, 0.717) is 25.4 Å². The van der Waals surface area contributed by atoms with Gasteiger partial charge < -0.3 is 20.7 Å². The van der Waals surface area contributed by atoms with Crippen LogP contribution in [0.15, 0.2) is 18.2 Å². The molecule has 6 nitrogen and oxygen atoms in total. The predicted octanol–water partition coefficient (Wildman–Crippen LogP) is 0.964. The van der Waals surface area contributed by atoms with E-state index in [1.807, 2.05) is 25.1 Å². The van der Waals surface area contributed by atoms with E-state index in [0.717, 1.165) is 11.3 Å². The molecule has 120 valence electrons. The fraction of sp³-hybridized carbons (Fsp3) is 0.500. The lowest BCUT2D eigenvalue weighted by molar-refractivity contribution is -0.132. The highest BCUT2D eigenvalue weighted by Crippen LogP contribution is 2.38. The zero-order chi connectivity index (χ0) is 16.3. The van der Waals surface area contributed by atoms with E-state index < -0.39 is 5.60 Å². The van der Waals surface area contributed by atoms with Crippen molar-refractivity contribution in [2.45, 2.75) is 32.8 Å². The molecule has 0 aliphatic carbocycles. The van der Waals surface area contributed by atoms with Crippen molar-refractivity contribution in [3.8, 4) is 5.75 Å². The number of ether oxygens (including phenoxy) is 1. The van der Waals surface area contributed by atoms with Crippen LogP contribution < -0.4 is 20.7 Å². The highest BCUT2D eigenvalue weighted by molar-refractivity contribution is 6.02. The summed E-state index contributed by atoms with van der Waals surface area (Å²) in [6, 6.07) is 5.71. The second kappa shape index (κ2) is 6.36. The highest BCUT2D eigenvalue weighted by atomic mass is 16.5. The van der Waals surface area contributed by atoms with Crippen LogP contribution in [0.5, 0.6) is 5.75 Å². The van der Waals surface area contributed by atoms with Crippen molar-refractivity contribution in [3.05, 3.63) is 23.8 Å². The number of nitrogens with two attached hydrogens (primary N) is 1. The summed E-state index contributed by atoms with van der Waals surface area (Å²) in [6.07, 6.45) is 0.231. The first-order chi connectivity index (χ1) is 10.3.